The van der Waals surface area contributed by atoms with E-state index in [4.69, 9.17) is 0 Å². The molecule has 2 fully saturated rings. The largest absolute Gasteiger partial charge is 0.342 e. The summed E-state index contributed by atoms with van der Waals surface area (Å²) in [6.45, 7) is 4.37. The molecule has 2 amide bonds. The average Bonchev–Trinajstić information content (AvgIpc) is 2.89. The number of carbonyl (C=O) groups is 2. The third-order valence-electron chi connectivity index (χ3n) is 4.58. The minimum absolute atomic E-state index is 0.0470. The Bertz CT molecular complexity index is 573. The number of likely N-dealkylation sites (tertiary alicyclic amines) is 1. The smallest absolute Gasteiger partial charge is 0.228 e. The molecule has 3 rings (SSSR count). The summed E-state index contributed by atoms with van der Waals surface area (Å²) in [5.74, 6) is 0.573. The number of anilines is 1. The van der Waals surface area contributed by atoms with Crippen LogP contribution in [0.25, 0.3) is 0 Å². The fourth-order valence-corrected chi connectivity index (χ4v) is 3.66. The van der Waals surface area contributed by atoms with E-state index in [-0.39, 0.29) is 17.7 Å². The van der Waals surface area contributed by atoms with Gasteiger partial charge in [0.25, 0.3) is 0 Å². The minimum atomic E-state index is -0.193. The van der Waals surface area contributed by atoms with Crippen LogP contribution in [0, 0.1) is 11.8 Å². The molecule has 2 unspecified atom stereocenters. The Morgan fingerprint density at radius 2 is 1.95 bits per heavy atom. The lowest BCUT2D eigenvalue weighted by atomic mass is 9.98. The first-order valence-electron chi connectivity index (χ1n) is 7.89. The van der Waals surface area contributed by atoms with E-state index < -0.39 is 0 Å². The first kappa shape index (κ1) is 15.5. The first-order chi connectivity index (χ1) is 10.5. The molecule has 5 heteroatoms. The summed E-state index contributed by atoms with van der Waals surface area (Å²) in [5, 5.41) is 0. The second-order valence-electron chi connectivity index (χ2n) is 6.41. The van der Waals surface area contributed by atoms with Crippen LogP contribution in [0.2, 0.25) is 0 Å². The van der Waals surface area contributed by atoms with Crippen molar-refractivity contribution < 1.29 is 9.59 Å². The molecule has 0 spiro atoms. The van der Waals surface area contributed by atoms with Crippen molar-refractivity contribution in [1.82, 2.24) is 4.90 Å². The van der Waals surface area contributed by atoms with E-state index in [1.807, 2.05) is 29.2 Å². The van der Waals surface area contributed by atoms with Crippen molar-refractivity contribution >= 4 is 33.4 Å². The number of hydrogen-bond donors (Lipinski definition) is 0. The number of nitrogens with zero attached hydrogens (tertiary/aromatic N) is 2. The van der Waals surface area contributed by atoms with E-state index in [0.717, 1.165) is 29.7 Å². The van der Waals surface area contributed by atoms with Crippen LogP contribution in [-0.2, 0) is 9.59 Å². The SMILES string of the molecule is CC1CCCN(C(=O)C2CC(=O)N(c3ccc(Br)cc3)C2)C1. The molecule has 2 saturated heterocycles. The number of piperidine rings is 1. The summed E-state index contributed by atoms with van der Waals surface area (Å²) < 4.78 is 0.984. The van der Waals surface area contributed by atoms with Crippen molar-refractivity contribution in [3.63, 3.8) is 0 Å². The number of carbonyl (C=O) groups excluding carboxylic acids is 2. The number of halogens is 1. The van der Waals surface area contributed by atoms with Crippen LogP contribution < -0.4 is 4.90 Å². The zero-order valence-electron chi connectivity index (χ0n) is 12.8. The van der Waals surface area contributed by atoms with Crippen LogP contribution in [0.4, 0.5) is 5.69 Å². The van der Waals surface area contributed by atoms with Gasteiger partial charge in [-0.15, -0.1) is 0 Å². The molecule has 2 heterocycles. The second kappa shape index (κ2) is 6.41. The van der Waals surface area contributed by atoms with Gasteiger partial charge in [-0.1, -0.05) is 22.9 Å². The Balaban J connectivity index is 1.68. The van der Waals surface area contributed by atoms with Crippen LogP contribution in [0.15, 0.2) is 28.7 Å². The van der Waals surface area contributed by atoms with Crippen LogP contribution in [-0.4, -0.2) is 36.3 Å². The summed E-state index contributed by atoms with van der Waals surface area (Å²) in [5.41, 5.74) is 0.871. The quantitative estimate of drug-likeness (QED) is 0.808. The molecule has 0 aromatic heterocycles. The number of rotatable bonds is 2. The predicted octanol–water partition coefficient (Wildman–Crippen LogP) is 3.06. The van der Waals surface area contributed by atoms with Crippen molar-refractivity contribution in [2.24, 2.45) is 11.8 Å². The maximum Gasteiger partial charge on any atom is 0.228 e. The molecule has 22 heavy (non-hydrogen) atoms. The second-order valence-corrected chi connectivity index (χ2v) is 7.33. The lowest BCUT2D eigenvalue weighted by Gasteiger charge is -2.32. The first-order valence-corrected chi connectivity index (χ1v) is 8.68. The summed E-state index contributed by atoms with van der Waals surface area (Å²) >= 11 is 3.40. The van der Waals surface area contributed by atoms with Crippen LogP contribution in [0.3, 0.4) is 0 Å². The highest BCUT2D eigenvalue weighted by Crippen LogP contribution is 2.28. The highest BCUT2D eigenvalue weighted by atomic mass is 79.9. The Kier molecular flexibility index (Phi) is 4.52. The number of hydrogen-bond acceptors (Lipinski definition) is 2. The lowest BCUT2D eigenvalue weighted by molar-refractivity contribution is -0.137. The van der Waals surface area contributed by atoms with E-state index in [2.05, 4.69) is 22.9 Å². The standard InChI is InChI=1S/C17H21BrN2O2/c1-12-3-2-8-19(10-12)17(22)13-9-16(21)20(11-13)15-6-4-14(18)5-7-15/h4-7,12-13H,2-3,8-11H2,1H3. The fourth-order valence-electron chi connectivity index (χ4n) is 3.39. The molecule has 4 nitrogen and oxygen atoms in total. The fraction of sp³-hybridized carbons (Fsp3) is 0.529. The summed E-state index contributed by atoms with van der Waals surface area (Å²) in [7, 11) is 0. The molecule has 2 aliphatic rings. The maximum absolute atomic E-state index is 12.7. The minimum Gasteiger partial charge on any atom is -0.342 e. The summed E-state index contributed by atoms with van der Waals surface area (Å²) in [4.78, 5) is 28.6. The predicted molar refractivity (Wildman–Crippen MR) is 89.6 cm³/mol. The third-order valence-corrected chi connectivity index (χ3v) is 5.11. The zero-order valence-corrected chi connectivity index (χ0v) is 14.4. The monoisotopic (exact) mass is 364 g/mol. The Morgan fingerprint density at radius 1 is 1.23 bits per heavy atom. The summed E-state index contributed by atoms with van der Waals surface area (Å²) in [6, 6.07) is 7.67. The van der Waals surface area contributed by atoms with Crippen molar-refractivity contribution in [1.29, 1.82) is 0 Å². The Morgan fingerprint density at radius 3 is 2.64 bits per heavy atom. The zero-order chi connectivity index (χ0) is 15.7. The molecule has 2 atom stereocenters. The maximum atomic E-state index is 12.7. The van der Waals surface area contributed by atoms with Crippen molar-refractivity contribution in [2.45, 2.75) is 26.2 Å². The van der Waals surface area contributed by atoms with Crippen molar-refractivity contribution in [2.75, 3.05) is 24.5 Å². The molecule has 0 saturated carbocycles. The molecular formula is C17H21BrN2O2. The Hall–Kier alpha value is -1.36. The molecule has 0 aliphatic carbocycles. The van der Waals surface area contributed by atoms with Gasteiger partial charge in [0.05, 0.1) is 5.92 Å². The van der Waals surface area contributed by atoms with Gasteiger partial charge in [-0.25, -0.2) is 0 Å². The average molecular weight is 365 g/mol. The van der Waals surface area contributed by atoms with Gasteiger partial charge in [0, 0.05) is 36.2 Å². The van der Waals surface area contributed by atoms with Gasteiger partial charge >= 0.3 is 0 Å². The molecule has 1 aromatic carbocycles. The van der Waals surface area contributed by atoms with E-state index in [9.17, 15) is 9.59 Å². The lowest BCUT2D eigenvalue weighted by Crippen LogP contribution is -2.43. The molecular weight excluding hydrogens is 344 g/mol. The normalized spacial score (nSPS) is 25.6. The van der Waals surface area contributed by atoms with Crippen LogP contribution in [0.1, 0.15) is 26.2 Å². The van der Waals surface area contributed by atoms with E-state index in [0.29, 0.717) is 18.9 Å². The highest BCUT2D eigenvalue weighted by Gasteiger charge is 2.37. The number of amides is 2. The molecule has 0 radical (unpaired) electrons. The van der Waals surface area contributed by atoms with E-state index in [1.165, 1.54) is 6.42 Å². The molecule has 0 bridgehead atoms. The third kappa shape index (κ3) is 3.19. The van der Waals surface area contributed by atoms with Crippen LogP contribution >= 0.6 is 15.9 Å². The molecule has 2 aliphatic heterocycles. The van der Waals surface area contributed by atoms with Gasteiger partial charge in [-0.3, -0.25) is 9.59 Å². The van der Waals surface area contributed by atoms with E-state index in [1.54, 1.807) is 4.90 Å². The van der Waals surface area contributed by atoms with Crippen LogP contribution in [0.5, 0.6) is 0 Å². The molecule has 118 valence electrons. The van der Waals surface area contributed by atoms with Gasteiger partial charge in [0.1, 0.15) is 0 Å². The Labute approximate surface area is 139 Å². The highest BCUT2D eigenvalue weighted by molar-refractivity contribution is 9.10. The number of benzene rings is 1. The summed E-state index contributed by atoms with van der Waals surface area (Å²) in [6.07, 6.45) is 2.60. The van der Waals surface area contributed by atoms with Crippen molar-refractivity contribution in [3.05, 3.63) is 28.7 Å². The molecule has 1 aromatic rings. The van der Waals surface area contributed by atoms with Gasteiger partial charge in [0.2, 0.25) is 11.8 Å². The van der Waals surface area contributed by atoms with Crippen molar-refractivity contribution in [3.8, 4) is 0 Å². The molecule has 0 N–H and O–H groups in total. The topological polar surface area (TPSA) is 40.6 Å². The van der Waals surface area contributed by atoms with E-state index >= 15 is 0 Å². The van der Waals surface area contributed by atoms with Gasteiger partial charge in [-0.2, -0.15) is 0 Å². The van der Waals surface area contributed by atoms with Gasteiger partial charge in [-0.05, 0) is 43.0 Å². The van der Waals surface area contributed by atoms with Gasteiger partial charge in [0.15, 0.2) is 0 Å². The van der Waals surface area contributed by atoms with Gasteiger partial charge < -0.3 is 9.80 Å².